The van der Waals surface area contributed by atoms with E-state index in [2.05, 4.69) is 5.32 Å². The number of carboxylic acid groups (broad SMARTS) is 1. The van der Waals surface area contributed by atoms with E-state index in [9.17, 15) is 4.79 Å². The van der Waals surface area contributed by atoms with Crippen LogP contribution in [0.5, 0.6) is 0 Å². The summed E-state index contributed by atoms with van der Waals surface area (Å²) < 4.78 is 4.95. The molecule has 0 aliphatic heterocycles. The van der Waals surface area contributed by atoms with Crippen LogP contribution in [0.4, 0.5) is 0 Å². The molecular weight excluding hydrogens is 174 g/mol. The SMILES string of the molecule is O=C(O)c1coc(CNCCO)c1. The Morgan fingerprint density at radius 2 is 2.38 bits per heavy atom. The third-order valence-corrected chi connectivity index (χ3v) is 1.49. The average molecular weight is 185 g/mol. The Bertz CT molecular complexity index is 281. The number of furan rings is 1. The summed E-state index contributed by atoms with van der Waals surface area (Å²) in [4.78, 5) is 10.4. The number of carboxylic acids is 1. The van der Waals surface area contributed by atoms with E-state index < -0.39 is 5.97 Å². The van der Waals surface area contributed by atoms with Crippen LogP contribution in [0.2, 0.25) is 0 Å². The van der Waals surface area contributed by atoms with Gasteiger partial charge in [0, 0.05) is 6.54 Å². The molecule has 0 fully saturated rings. The van der Waals surface area contributed by atoms with E-state index in [1.807, 2.05) is 0 Å². The Morgan fingerprint density at radius 1 is 1.62 bits per heavy atom. The maximum Gasteiger partial charge on any atom is 0.338 e. The fourth-order valence-corrected chi connectivity index (χ4v) is 0.876. The number of hydrogen-bond acceptors (Lipinski definition) is 4. The Labute approximate surface area is 75.0 Å². The van der Waals surface area contributed by atoms with Gasteiger partial charge in [-0.15, -0.1) is 0 Å². The van der Waals surface area contributed by atoms with Gasteiger partial charge >= 0.3 is 5.97 Å². The van der Waals surface area contributed by atoms with Crippen LogP contribution in [0.25, 0.3) is 0 Å². The molecule has 0 bridgehead atoms. The number of hydrogen-bond donors (Lipinski definition) is 3. The first-order chi connectivity index (χ1) is 6.24. The van der Waals surface area contributed by atoms with Gasteiger partial charge in [0.2, 0.25) is 0 Å². The highest BCUT2D eigenvalue weighted by atomic mass is 16.4. The highest BCUT2D eigenvalue weighted by Gasteiger charge is 2.06. The summed E-state index contributed by atoms with van der Waals surface area (Å²) in [5.74, 6) is -0.456. The second-order valence-corrected chi connectivity index (χ2v) is 2.51. The van der Waals surface area contributed by atoms with Crippen molar-refractivity contribution in [3.05, 3.63) is 23.7 Å². The Morgan fingerprint density at radius 3 is 2.92 bits per heavy atom. The first-order valence-electron chi connectivity index (χ1n) is 3.86. The van der Waals surface area contributed by atoms with Crippen molar-refractivity contribution in [2.24, 2.45) is 0 Å². The third kappa shape index (κ3) is 2.89. The zero-order valence-corrected chi connectivity index (χ0v) is 6.99. The van der Waals surface area contributed by atoms with Crippen LogP contribution < -0.4 is 5.32 Å². The van der Waals surface area contributed by atoms with Crippen LogP contribution in [0.3, 0.4) is 0 Å². The van der Waals surface area contributed by atoms with Gasteiger partial charge in [0.1, 0.15) is 12.0 Å². The molecule has 13 heavy (non-hydrogen) atoms. The fraction of sp³-hybridized carbons (Fsp3) is 0.375. The first kappa shape index (κ1) is 9.76. The Balaban J connectivity index is 2.44. The van der Waals surface area contributed by atoms with E-state index in [4.69, 9.17) is 14.6 Å². The minimum Gasteiger partial charge on any atom is -0.478 e. The summed E-state index contributed by atoms with van der Waals surface area (Å²) in [5, 5.41) is 19.9. The summed E-state index contributed by atoms with van der Waals surface area (Å²) in [6.45, 7) is 0.934. The molecule has 0 radical (unpaired) electrons. The molecule has 0 aliphatic rings. The smallest absolute Gasteiger partial charge is 0.338 e. The van der Waals surface area contributed by atoms with Crippen molar-refractivity contribution in [2.75, 3.05) is 13.2 Å². The average Bonchev–Trinajstić information content (AvgIpc) is 2.53. The van der Waals surface area contributed by atoms with Gasteiger partial charge in [-0.05, 0) is 6.07 Å². The van der Waals surface area contributed by atoms with Crippen molar-refractivity contribution in [3.63, 3.8) is 0 Å². The normalized spacial score (nSPS) is 10.2. The van der Waals surface area contributed by atoms with Crippen molar-refractivity contribution in [1.82, 2.24) is 5.32 Å². The molecule has 0 aliphatic carbocycles. The van der Waals surface area contributed by atoms with Gasteiger partial charge in [0.25, 0.3) is 0 Å². The van der Waals surface area contributed by atoms with Gasteiger partial charge in [-0.2, -0.15) is 0 Å². The summed E-state index contributed by atoms with van der Waals surface area (Å²) in [6, 6.07) is 1.45. The lowest BCUT2D eigenvalue weighted by molar-refractivity contribution is 0.0696. The molecule has 5 nitrogen and oxygen atoms in total. The predicted octanol–water partition coefficient (Wildman–Crippen LogP) is 0.0597. The quantitative estimate of drug-likeness (QED) is 0.565. The van der Waals surface area contributed by atoms with Crippen LogP contribution in [0.1, 0.15) is 16.1 Å². The van der Waals surface area contributed by atoms with Crippen molar-refractivity contribution in [3.8, 4) is 0 Å². The van der Waals surface area contributed by atoms with E-state index in [0.717, 1.165) is 0 Å². The third-order valence-electron chi connectivity index (χ3n) is 1.49. The second-order valence-electron chi connectivity index (χ2n) is 2.51. The summed E-state index contributed by atoms with van der Waals surface area (Å²) in [6.07, 6.45) is 1.19. The van der Waals surface area contributed by atoms with Gasteiger partial charge in [-0.3, -0.25) is 0 Å². The van der Waals surface area contributed by atoms with Crippen LogP contribution in [0, 0.1) is 0 Å². The maximum atomic E-state index is 10.4. The molecule has 1 heterocycles. The molecular formula is C8H11NO4. The molecule has 0 unspecified atom stereocenters. The number of nitrogens with one attached hydrogen (secondary N) is 1. The van der Waals surface area contributed by atoms with Crippen LogP contribution >= 0.6 is 0 Å². The summed E-state index contributed by atoms with van der Waals surface area (Å²) in [7, 11) is 0. The summed E-state index contributed by atoms with van der Waals surface area (Å²) in [5.41, 5.74) is 0.140. The molecule has 1 rings (SSSR count). The van der Waals surface area contributed by atoms with Crippen molar-refractivity contribution in [1.29, 1.82) is 0 Å². The van der Waals surface area contributed by atoms with Gasteiger partial charge in [0.15, 0.2) is 0 Å². The highest BCUT2D eigenvalue weighted by Crippen LogP contribution is 2.06. The molecule has 1 aromatic rings. The minimum absolute atomic E-state index is 0.0481. The van der Waals surface area contributed by atoms with E-state index >= 15 is 0 Å². The van der Waals surface area contributed by atoms with Gasteiger partial charge in [-0.1, -0.05) is 0 Å². The van der Waals surface area contributed by atoms with E-state index in [1.165, 1.54) is 12.3 Å². The van der Waals surface area contributed by atoms with Crippen molar-refractivity contribution in [2.45, 2.75) is 6.54 Å². The zero-order valence-electron chi connectivity index (χ0n) is 6.99. The summed E-state index contributed by atoms with van der Waals surface area (Å²) >= 11 is 0. The van der Waals surface area contributed by atoms with E-state index in [1.54, 1.807) is 0 Å². The first-order valence-corrected chi connectivity index (χ1v) is 3.86. The van der Waals surface area contributed by atoms with Crippen LogP contribution in [0.15, 0.2) is 16.7 Å². The molecule has 5 heteroatoms. The number of aliphatic hydroxyl groups is 1. The standard InChI is InChI=1S/C8H11NO4/c10-2-1-9-4-7-3-6(5-13-7)8(11)12/h3,5,9-10H,1-2,4H2,(H,11,12). The monoisotopic (exact) mass is 185 g/mol. The topological polar surface area (TPSA) is 82.7 Å². The molecule has 0 amide bonds. The molecule has 0 atom stereocenters. The predicted molar refractivity (Wildman–Crippen MR) is 44.5 cm³/mol. The molecule has 3 N–H and O–H groups in total. The lowest BCUT2D eigenvalue weighted by Crippen LogP contribution is -2.16. The van der Waals surface area contributed by atoms with E-state index in [0.29, 0.717) is 18.8 Å². The van der Waals surface area contributed by atoms with Crippen LogP contribution in [-0.2, 0) is 6.54 Å². The number of carbonyl (C=O) groups is 1. The van der Waals surface area contributed by atoms with Gasteiger partial charge in [-0.25, -0.2) is 4.79 Å². The van der Waals surface area contributed by atoms with Crippen molar-refractivity contribution < 1.29 is 19.4 Å². The maximum absolute atomic E-state index is 10.4. The Kier molecular flexibility index (Phi) is 3.48. The lowest BCUT2D eigenvalue weighted by atomic mass is 10.3. The molecule has 1 aromatic heterocycles. The highest BCUT2D eigenvalue weighted by molar-refractivity contribution is 5.87. The minimum atomic E-state index is -1.00. The number of aliphatic hydroxyl groups excluding tert-OH is 1. The fourth-order valence-electron chi connectivity index (χ4n) is 0.876. The lowest BCUT2D eigenvalue weighted by Gasteiger charge is -1.97. The van der Waals surface area contributed by atoms with Crippen molar-refractivity contribution >= 4 is 5.97 Å². The number of aromatic carboxylic acids is 1. The largest absolute Gasteiger partial charge is 0.478 e. The molecule has 0 spiro atoms. The van der Waals surface area contributed by atoms with Gasteiger partial charge < -0.3 is 19.9 Å². The second kappa shape index (κ2) is 4.64. The van der Waals surface area contributed by atoms with E-state index in [-0.39, 0.29) is 12.2 Å². The molecule has 0 saturated heterocycles. The molecule has 0 aromatic carbocycles. The number of rotatable bonds is 5. The Hall–Kier alpha value is -1.33. The molecule has 72 valence electrons. The molecule has 0 saturated carbocycles. The zero-order chi connectivity index (χ0) is 9.68. The van der Waals surface area contributed by atoms with Crippen LogP contribution in [-0.4, -0.2) is 29.3 Å². The van der Waals surface area contributed by atoms with Gasteiger partial charge in [0.05, 0.1) is 18.7 Å².